The van der Waals surface area contributed by atoms with E-state index in [-0.39, 0.29) is 11.9 Å². The van der Waals surface area contributed by atoms with Crippen LogP contribution in [-0.4, -0.2) is 16.9 Å². The number of ether oxygens (including phenoxy) is 1. The van der Waals surface area contributed by atoms with Crippen LogP contribution in [0.4, 0.5) is 0 Å². The van der Waals surface area contributed by atoms with Gasteiger partial charge in [-0.1, -0.05) is 26.2 Å². The normalized spacial score (nSPS) is 11.2. The summed E-state index contributed by atoms with van der Waals surface area (Å²) in [5, 5.41) is 0.966. The Hall–Kier alpha value is -1.77. The quantitative estimate of drug-likeness (QED) is 0.541. The Kier molecular flexibility index (Phi) is 5.43. The highest BCUT2D eigenvalue weighted by atomic mass is 16.5. The van der Waals surface area contributed by atoms with Gasteiger partial charge in [0, 0.05) is 29.1 Å². The molecule has 3 heteroatoms. The van der Waals surface area contributed by atoms with Crippen molar-refractivity contribution >= 4 is 16.7 Å². The van der Waals surface area contributed by atoms with Crippen molar-refractivity contribution in [2.75, 3.05) is 0 Å². The van der Waals surface area contributed by atoms with Crippen molar-refractivity contribution in [3.8, 4) is 5.75 Å². The standard InChI is InChI=1S/C18H25NO2/c1-4-5-6-7-8-18(20)16-12-19-17-10-9-14(11-15(16)17)21-13(2)3/h9-13,19H,4-8H2,1-3H3. The number of Topliss-reactive ketones (excluding diaryl/α,β-unsaturated/α-hetero) is 1. The van der Waals surface area contributed by atoms with E-state index in [0.717, 1.165) is 35.1 Å². The summed E-state index contributed by atoms with van der Waals surface area (Å²) < 4.78 is 5.71. The SMILES string of the molecule is CCCCCCC(=O)c1c[nH]c2ccc(OC(C)C)cc12. The zero-order valence-corrected chi connectivity index (χ0v) is 13.2. The fourth-order valence-electron chi connectivity index (χ4n) is 2.52. The molecule has 0 aliphatic rings. The van der Waals surface area contributed by atoms with Crippen LogP contribution in [0.2, 0.25) is 0 Å². The third kappa shape index (κ3) is 4.10. The number of nitrogens with one attached hydrogen (secondary N) is 1. The third-order valence-electron chi connectivity index (χ3n) is 3.58. The van der Waals surface area contributed by atoms with Crippen molar-refractivity contribution in [1.29, 1.82) is 0 Å². The first kappa shape index (κ1) is 15.6. The Labute approximate surface area is 126 Å². The van der Waals surface area contributed by atoms with Crippen LogP contribution in [0.3, 0.4) is 0 Å². The molecule has 2 aromatic rings. The van der Waals surface area contributed by atoms with Gasteiger partial charge in [0.25, 0.3) is 0 Å². The van der Waals surface area contributed by atoms with Crippen LogP contribution in [0.15, 0.2) is 24.4 Å². The Bertz CT molecular complexity index is 598. The van der Waals surface area contributed by atoms with Crippen molar-refractivity contribution in [2.24, 2.45) is 0 Å². The van der Waals surface area contributed by atoms with Gasteiger partial charge >= 0.3 is 0 Å². The minimum absolute atomic E-state index is 0.134. The Morgan fingerprint density at radius 1 is 1.24 bits per heavy atom. The van der Waals surface area contributed by atoms with Crippen molar-refractivity contribution in [2.45, 2.75) is 59.0 Å². The number of carbonyl (C=O) groups excluding carboxylic acids is 1. The molecule has 0 fully saturated rings. The summed E-state index contributed by atoms with van der Waals surface area (Å²) in [4.78, 5) is 15.5. The molecule has 114 valence electrons. The van der Waals surface area contributed by atoms with Gasteiger partial charge in [0.15, 0.2) is 5.78 Å². The molecular formula is C18H25NO2. The molecule has 0 bridgehead atoms. The van der Waals surface area contributed by atoms with Crippen molar-refractivity contribution in [1.82, 2.24) is 4.98 Å². The van der Waals surface area contributed by atoms with Crippen LogP contribution in [0.1, 0.15) is 63.2 Å². The van der Waals surface area contributed by atoms with E-state index in [2.05, 4.69) is 11.9 Å². The van der Waals surface area contributed by atoms with Crippen molar-refractivity contribution in [3.63, 3.8) is 0 Å². The fraction of sp³-hybridized carbons (Fsp3) is 0.500. The molecule has 0 unspecified atom stereocenters. The van der Waals surface area contributed by atoms with Gasteiger partial charge in [-0.2, -0.15) is 0 Å². The van der Waals surface area contributed by atoms with Crippen LogP contribution in [-0.2, 0) is 0 Å². The zero-order chi connectivity index (χ0) is 15.2. The molecule has 1 aromatic heterocycles. The molecule has 1 N–H and O–H groups in total. The topological polar surface area (TPSA) is 42.1 Å². The summed E-state index contributed by atoms with van der Waals surface area (Å²) in [7, 11) is 0. The Balaban J connectivity index is 2.13. The second-order valence-electron chi connectivity index (χ2n) is 5.81. The van der Waals surface area contributed by atoms with Gasteiger partial charge in [-0.25, -0.2) is 0 Å². The lowest BCUT2D eigenvalue weighted by Gasteiger charge is -2.09. The van der Waals surface area contributed by atoms with E-state index in [1.807, 2.05) is 38.2 Å². The Morgan fingerprint density at radius 3 is 2.76 bits per heavy atom. The minimum Gasteiger partial charge on any atom is -0.491 e. The summed E-state index contributed by atoms with van der Waals surface area (Å²) in [6.07, 6.45) is 7.09. The smallest absolute Gasteiger partial charge is 0.165 e. The van der Waals surface area contributed by atoms with E-state index in [1.165, 1.54) is 12.8 Å². The highest BCUT2D eigenvalue weighted by molar-refractivity contribution is 6.08. The first-order chi connectivity index (χ1) is 10.1. The molecule has 0 atom stereocenters. The van der Waals surface area contributed by atoms with Crippen LogP contribution < -0.4 is 4.74 Å². The number of rotatable bonds is 8. The number of aromatic nitrogens is 1. The maximum Gasteiger partial charge on any atom is 0.165 e. The summed E-state index contributed by atoms with van der Waals surface area (Å²) >= 11 is 0. The molecule has 0 saturated heterocycles. The fourth-order valence-corrected chi connectivity index (χ4v) is 2.52. The maximum atomic E-state index is 12.4. The van der Waals surface area contributed by atoms with E-state index in [1.54, 1.807) is 0 Å². The largest absolute Gasteiger partial charge is 0.491 e. The van der Waals surface area contributed by atoms with Gasteiger partial charge < -0.3 is 9.72 Å². The number of hydrogen-bond acceptors (Lipinski definition) is 2. The van der Waals surface area contributed by atoms with Gasteiger partial charge in [-0.3, -0.25) is 4.79 Å². The lowest BCUT2D eigenvalue weighted by molar-refractivity contribution is 0.0981. The summed E-state index contributed by atoms with van der Waals surface area (Å²) in [6.45, 7) is 6.18. The van der Waals surface area contributed by atoms with E-state index in [4.69, 9.17) is 4.74 Å². The maximum absolute atomic E-state index is 12.4. The lowest BCUT2D eigenvalue weighted by atomic mass is 10.0. The van der Waals surface area contributed by atoms with Crippen LogP contribution in [0.25, 0.3) is 10.9 Å². The number of benzene rings is 1. The predicted octanol–water partition coefficient (Wildman–Crippen LogP) is 5.11. The molecule has 0 saturated carbocycles. The summed E-state index contributed by atoms with van der Waals surface area (Å²) in [5.41, 5.74) is 1.78. The summed E-state index contributed by atoms with van der Waals surface area (Å²) in [6, 6.07) is 5.88. The van der Waals surface area contributed by atoms with E-state index >= 15 is 0 Å². The van der Waals surface area contributed by atoms with Gasteiger partial charge in [-0.15, -0.1) is 0 Å². The van der Waals surface area contributed by atoms with E-state index in [9.17, 15) is 4.79 Å². The molecule has 1 heterocycles. The average molecular weight is 287 g/mol. The number of H-pyrrole nitrogens is 1. The average Bonchev–Trinajstić information content (AvgIpc) is 2.86. The molecule has 3 nitrogen and oxygen atoms in total. The van der Waals surface area contributed by atoms with Gasteiger partial charge in [0.05, 0.1) is 6.10 Å². The molecule has 0 amide bonds. The van der Waals surface area contributed by atoms with Gasteiger partial charge in [0.2, 0.25) is 0 Å². The van der Waals surface area contributed by atoms with Crippen LogP contribution in [0.5, 0.6) is 5.75 Å². The first-order valence-corrected chi connectivity index (χ1v) is 7.92. The third-order valence-corrected chi connectivity index (χ3v) is 3.58. The molecule has 1 aromatic carbocycles. The molecule has 2 rings (SSSR count). The highest BCUT2D eigenvalue weighted by Crippen LogP contribution is 2.25. The molecular weight excluding hydrogens is 262 g/mol. The lowest BCUT2D eigenvalue weighted by Crippen LogP contribution is -2.05. The Morgan fingerprint density at radius 2 is 2.05 bits per heavy atom. The van der Waals surface area contributed by atoms with Crippen LogP contribution >= 0.6 is 0 Å². The second kappa shape index (κ2) is 7.30. The van der Waals surface area contributed by atoms with Crippen LogP contribution in [0, 0.1) is 0 Å². The number of aromatic amines is 1. The van der Waals surface area contributed by atoms with E-state index in [0.29, 0.717) is 6.42 Å². The highest BCUT2D eigenvalue weighted by Gasteiger charge is 2.12. The predicted molar refractivity (Wildman–Crippen MR) is 87.2 cm³/mol. The van der Waals surface area contributed by atoms with Gasteiger partial charge in [0.1, 0.15) is 5.75 Å². The number of unbranched alkanes of at least 4 members (excludes halogenated alkanes) is 3. The van der Waals surface area contributed by atoms with Crippen molar-refractivity contribution < 1.29 is 9.53 Å². The van der Waals surface area contributed by atoms with E-state index < -0.39 is 0 Å². The summed E-state index contributed by atoms with van der Waals surface area (Å²) in [5.74, 6) is 1.04. The number of ketones is 1. The minimum atomic E-state index is 0.134. The molecule has 0 radical (unpaired) electrons. The van der Waals surface area contributed by atoms with Crippen molar-refractivity contribution in [3.05, 3.63) is 30.0 Å². The second-order valence-corrected chi connectivity index (χ2v) is 5.81. The molecule has 0 spiro atoms. The number of hydrogen-bond donors (Lipinski definition) is 1. The first-order valence-electron chi connectivity index (χ1n) is 7.92. The molecule has 0 aliphatic carbocycles. The van der Waals surface area contributed by atoms with Gasteiger partial charge in [-0.05, 0) is 38.5 Å². The number of carbonyl (C=O) groups is 1. The number of fused-ring (bicyclic) bond motifs is 1. The monoisotopic (exact) mass is 287 g/mol. The zero-order valence-electron chi connectivity index (χ0n) is 13.2. The molecule has 0 aliphatic heterocycles. The molecule has 21 heavy (non-hydrogen) atoms.